The van der Waals surface area contributed by atoms with Crippen LogP contribution in [0, 0.1) is 0 Å². The third-order valence-electron chi connectivity index (χ3n) is 22.8. The van der Waals surface area contributed by atoms with Gasteiger partial charge in [0, 0.05) is 10.8 Å². The van der Waals surface area contributed by atoms with Gasteiger partial charge in [-0.25, -0.2) is 19.9 Å². The third-order valence-corrected chi connectivity index (χ3v) is 22.8. The number of aromatic nitrogens is 4. The molecule has 0 fully saturated rings. The summed E-state index contributed by atoms with van der Waals surface area (Å²) >= 11 is 0. The van der Waals surface area contributed by atoms with Crippen molar-refractivity contribution in [2.45, 2.75) is 0 Å². The molecule has 0 amide bonds. The van der Waals surface area contributed by atoms with Gasteiger partial charge in [-0.3, -0.25) is 0 Å². The summed E-state index contributed by atoms with van der Waals surface area (Å²) in [6, 6.07) is 13.3. The van der Waals surface area contributed by atoms with E-state index < -0.39 is 0 Å². The molecule has 0 unspecified atom stereocenters. The zero-order valence-corrected chi connectivity index (χ0v) is 57.2. The molecule has 6 nitrogen and oxygen atoms in total. The highest BCUT2D eigenvalue weighted by molar-refractivity contribution is 6.74. The maximum absolute atomic E-state index is 6.97. The lowest BCUT2D eigenvalue weighted by atomic mass is 9.56. The van der Waals surface area contributed by atoms with Crippen LogP contribution in [0.2, 0.25) is 0 Å². The van der Waals surface area contributed by atoms with Crippen molar-refractivity contribution in [3.05, 3.63) is 49.1 Å². The van der Waals surface area contributed by atoms with Gasteiger partial charge < -0.3 is 8.83 Å². The molecule has 12 rings (SSSR count). The molecule has 0 N–H and O–H groups in total. The first kappa shape index (κ1) is 61.4. The average Bonchev–Trinajstić information content (AvgIpc) is 1.27. The van der Waals surface area contributed by atoms with Gasteiger partial charge in [-0.05, 0) is 91.0 Å². The van der Waals surface area contributed by atoms with Gasteiger partial charge >= 0.3 is 0 Å². The molecule has 0 radical (unpaired) electrons. The predicted octanol–water partition coefficient (Wildman–Crippen LogP) is -30.5. The summed E-state index contributed by atoms with van der Waals surface area (Å²) in [6.45, 7) is 0. The van der Waals surface area contributed by atoms with Crippen molar-refractivity contribution >= 4 is 390 Å². The zero-order valence-electron chi connectivity index (χ0n) is 57.2. The lowest BCUT2D eigenvalue weighted by Gasteiger charge is -2.27. The first-order chi connectivity index (χ1) is 41.5. The molecule has 394 valence electrons. The Kier molecular flexibility index (Phi) is 15.4. The van der Waals surface area contributed by atoms with Crippen molar-refractivity contribution in [1.82, 2.24) is 19.9 Å². The van der Waals surface area contributed by atoms with Crippen LogP contribution in [0.1, 0.15) is 0 Å². The molecule has 0 atom stereocenters. The number of hydrogen-bond acceptors (Lipinski definition) is 6. The van der Waals surface area contributed by atoms with Crippen molar-refractivity contribution in [2.75, 3.05) is 0 Å². The van der Waals surface area contributed by atoms with Crippen LogP contribution in [-0.4, -0.2) is 224 Å². The van der Waals surface area contributed by atoms with Crippen LogP contribution in [0.15, 0.2) is 57.9 Å². The van der Waals surface area contributed by atoms with Crippen molar-refractivity contribution in [3.8, 4) is 78.1 Å². The molecule has 0 saturated carbocycles. The Balaban J connectivity index is 0.982. The van der Waals surface area contributed by atoms with Gasteiger partial charge in [-0.15, -0.1) is 43.7 Å². The Morgan fingerprint density at radius 1 is 0.216 bits per heavy atom. The maximum atomic E-state index is 6.97. The van der Waals surface area contributed by atoms with Gasteiger partial charge in [0.15, 0.2) is 11.2 Å². The number of hydrogen-bond donors (Lipinski definition) is 0. The second kappa shape index (κ2) is 22.0. The van der Waals surface area contributed by atoms with E-state index in [-0.39, 0.29) is 0 Å². The zero-order chi connectivity index (χ0) is 63.6. The van der Waals surface area contributed by atoms with Crippen molar-refractivity contribution in [3.63, 3.8) is 0 Å². The predicted molar refractivity (Wildman–Crippen MR) is 463 cm³/mol. The van der Waals surface area contributed by atoms with E-state index in [1.165, 1.54) is 176 Å². The molecule has 0 aliphatic carbocycles. The highest BCUT2D eigenvalue weighted by atomic mass is 16.3. The van der Waals surface area contributed by atoms with Crippen molar-refractivity contribution < 1.29 is 8.83 Å². The summed E-state index contributed by atoms with van der Waals surface area (Å²) in [5.41, 5.74) is 54.8. The van der Waals surface area contributed by atoms with E-state index in [1.807, 2.05) is 0 Å². The van der Waals surface area contributed by atoms with E-state index in [0.29, 0.717) is 11.2 Å². The Morgan fingerprint density at radius 2 is 0.432 bits per heavy atom. The molecule has 12 aromatic rings. The smallest absolute Gasteiger partial charge is 0.180 e. The molecule has 0 spiro atoms. The third kappa shape index (κ3) is 8.76. The molecular weight excluding hydrogens is 1040 g/mol. The summed E-state index contributed by atoms with van der Waals surface area (Å²) in [5, 5.41) is 1.96. The van der Waals surface area contributed by atoms with E-state index in [0.717, 1.165) is 77.5 Å². The minimum absolute atomic E-state index is 0.693. The summed E-state index contributed by atoms with van der Waals surface area (Å²) in [4.78, 5) is 20.3. The number of furan rings is 2. The Labute approximate surface area is 542 Å². The minimum Gasteiger partial charge on any atom is -0.452 e. The second-order valence-electron chi connectivity index (χ2n) is 26.4. The van der Waals surface area contributed by atoms with Crippen molar-refractivity contribution in [2.24, 2.45) is 0 Å². The van der Waals surface area contributed by atoms with Gasteiger partial charge in [-0.1, -0.05) is 110 Å². The van der Waals surface area contributed by atoms with E-state index in [9.17, 15) is 0 Å². The number of nitrogens with zero attached hydrogens (tertiary/aromatic N) is 4. The highest BCUT2D eigenvalue weighted by Crippen LogP contribution is 2.37. The first-order valence-electron chi connectivity index (χ1n) is 31.5. The van der Waals surface area contributed by atoms with Crippen LogP contribution < -0.4 is 142 Å². The fraction of sp³-hybridized carbons (Fsp3) is 0. The lowest BCUT2D eigenvalue weighted by molar-refractivity contribution is 0.667. The largest absolute Gasteiger partial charge is 0.452 e. The van der Waals surface area contributed by atoms with Crippen LogP contribution in [0.25, 0.3) is 122 Å². The van der Waals surface area contributed by atoms with E-state index in [1.54, 1.807) is 12.7 Å². The fourth-order valence-corrected chi connectivity index (χ4v) is 16.0. The molecule has 88 heavy (non-hydrogen) atoms. The standard InChI is InChI=1S/C56H60B26N4O2/c57-25-17(35(67)43(75)41(73)23(25)53-55-51(83-7-85-53)11-5-9(1-3-13(11)87-55)15-27(59)31(63)19(32(64)28(15)60)21-37(69)45(77)49(81)46(78)38(21)70)18-26(58)24(42(74)44(76)36(18)68)54-56-52(84-8-86-54)12-6-10(2-4-14(12)88-56)16-29(61)33(65)20(34(66)30(16)62)22-39(71)47(79)50(82)48(80)40(22)72/h1-8H,57-82H2. The molecule has 4 heterocycles. The molecule has 4 aromatic heterocycles. The van der Waals surface area contributed by atoms with Crippen LogP contribution >= 0.6 is 0 Å². The Hall–Kier alpha value is -6.79. The number of fused-ring (bicyclic) bond motifs is 6. The van der Waals surface area contributed by atoms with Gasteiger partial charge in [-0.2, -0.15) is 0 Å². The number of rotatable bonds is 7. The molecular formula is C56H60B26N4O2. The average molecular weight is 1100 g/mol. The highest BCUT2D eigenvalue weighted by Gasteiger charge is 2.29. The summed E-state index contributed by atoms with van der Waals surface area (Å²) in [7, 11) is 59.2. The molecule has 0 saturated heterocycles. The number of benzene rings is 8. The SMILES string of the molecule is Bc1c(B)c(B)c(-c2c(B)c(B)c(-c3ccc4oc5c(-c6c(B)c(B)c(B)c(-c7c(B)c(B)c(B)c(-c8ncnc9c8oc8ccc(-c%10c(B)c(B)c(-c%11c(B)c(B)c(B)c(B)c%11B)c(B)c%10B)cc89)c7B)c6B)ncnc5c4c3)c(B)c2B)c(B)c1B. The molecule has 8 aromatic carbocycles. The van der Waals surface area contributed by atoms with Crippen LogP contribution in [0.4, 0.5) is 0 Å². The van der Waals surface area contributed by atoms with E-state index in [4.69, 9.17) is 28.8 Å². The van der Waals surface area contributed by atoms with E-state index >= 15 is 0 Å². The molecule has 0 bridgehead atoms. The maximum Gasteiger partial charge on any atom is 0.180 e. The quantitative estimate of drug-likeness (QED) is 0.148. The Morgan fingerprint density at radius 3 is 0.716 bits per heavy atom. The fourth-order valence-electron chi connectivity index (χ4n) is 16.0. The van der Waals surface area contributed by atoms with Gasteiger partial charge in [0.25, 0.3) is 0 Å². The van der Waals surface area contributed by atoms with Gasteiger partial charge in [0.2, 0.25) is 0 Å². The summed E-state index contributed by atoms with van der Waals surface area (Å²) in [6.07, 6.45) is 3.44. The molecule has 0 aliphatic heterocycles. The van der Waals surface area contributed by atoms with Crippen LogP contribution in [-0.2, 0) is 0 Å². The summed E-state index contributed by atoms with van der Waals surface area (Å²) < 4.78 is 13.9. The Bertz CT molecular complexity index is 4760. The normalized spacial score (nSPS) is 11.7. The first-order valence-corrected chi connectivity index (χ1v) is 31.5. The second-order valence-corrected chi connectivity index (χ2v) is 26.4. The summed E-state index contributed by atoms with van der Waals surface area (Å²) in [5.74, 6) is 0. The van der Waals surface area contributed by atoms with Crippen molar-refractivity contribution in [1.29, 1.82) is 0 Å². The lowest BCUT2D eigenvalue weighted by Crippen LogP contribution is -2.57. The minimum atomic E-state index is 0.693. The van der Waals surface area contributed by atoms with E-state index in [2.05, 4.69) is 240 Å². The molecule has 32 heteroatoms. The van der Waals surface area contributed by atoms with Crippen LogP contribution in [0.3, 0.4) is 0 Å². The molecule has 0 aliphatic rings. The topological polar surface area (TPSA) is 77.8 Å². The monoisotopic (exact) mass is 1110 g/mol. The van der Waals surface area contributed by atoms with Gasteiger partial charge in [0.05, 0.1) is 0 Å². The van der Waals surface area contributed by atoms with Gasteiger partial charge in [0.1, 0.15) is 250 Å². The van der Waals surface area contributed by atoms with Crippen LogP contribution in [0.5, 0.6) is 0 Å².